The lowest BCUT2D eigenvalue weighted by atomic mass is 10.1. The van der Waals surface area contributed by atoms with Gasteiger partial charge in [0.25, 0.3) is 0 Å². The number of halogens is 2. The highest BCUT2D eigenvalue weighted by Crippen LogP contribution is 2.20. The largest absolute Gasteiger partial charge is 0.353 e. The summed E-state index contributed by atoms with van der Waals surface area (Å²) in [6.07, 6.45) is 1.36. The first-order valence-electron chi connectivity index (χ1n) is 5.39. The molecule has 0 aliphatic carbocycles. The Hall–Kier alpha value is -1.95. The van der Waals surface area contributed by atoms with Gasteiger partial charge in [0.05, 0.1) is 12.2 Å². The van der Waals surface area contributed by atoms with Gasteiger partial charge >= 0.3 is 0 Å². The molecule has 0 radical (unpaired) electrons. The van der Waals surface area contributed by atoms with Crippen molar-refractivity contribution in [2.45, 2.75) is 13.0 Å². The van der Waals surface area contributed by atoms with Crippen LogP contribution >= 0.6 is 0 Å². The van der Waals surface area contributed by atoms with E-state index >= 15 is 0 Å². The van der Waals surface area contributed by atoms with Crippen LogP contribution < -0.4 is 10.8 Å². The average molecular weight is 254 g/mol. The van der Waals surface area contributed by atoms with Gasteiger partial charge in [-0.05, 0) is 24.3 Å². The smallest absolute Gasteiger partial charge is 0.216 e. The number of nitrogens with one attached hydrogen (secondary N) is 2. The number of hydroxylamine groups is 1. The molecule has 1 atom stereocenters. The second kappa shape index (κ2) is 5.14. The Labute approximate surface area is 103 Å². The van der Waals surface area contributed by atoms with E-state index < -0.39 is 11.6 Å². The minimum atomic E-state index is -0.916. The first kappa shape index (κ1) is 12.5. The molecule has 2 N–H and O–H groups in total. The molecule has 18 heavy (non-hydrogen) atoms. The summed E-state index contributed by atoms with van der Waals surface area (Å²) in [5.41, 5.74) is 3.65. The van der Waals surface area contributed by atoms with Crippen LogP contribution in [0.15, 0.2) is 24.3 Å². The van der Waals surface area contributed by atoms with Crippen molar-refractivity contribution in [2.24, 2.45) is 0 Å². The molecule has 1 aliphatic heterocycles. The van der Waals surface area contributed by atoms with Gasteiger partial charge in [-0.1, -0.05) is 0 Å². The molecule has 1 aromatic carbocycles. The van der Waals surface area contributed by atoms with Gasteiger partial charge in [0.2, 0.25) is 5.91 Å². The van der Waals surface area contributed by atoms with Crippen molar-refractivity contribution >= 4 is 11.6 Å². The normalized spacial score (nSPS) is 18.2. The van der Waals surface area contributed by atoms with Crippen LogP contribution in [-0.4, -0.2) is 18.6 Å². The van der Waals surface area contributed by atoms with E-state index in [2.05, 4.69) is 10.8 Å². The third-order valence-electron chi connectivity index (χ3n) is 2.46. The molecule has 0 fully saturated rings. The third-order valence-corrected chi connectivity index (χ3v) is 2.46. The van der Waals surface area contributed by atoms with E-state index in [9.17, 15) is 13.6 Å². The third kappa shape index (κ3) is 2.84. The quantitative estimate of drug-likeness (QED) is 0.856. The predicted molar refractivity (Wildman–Crippen MR) is 61.0 cm³/mol. The molecule has 1 aliphatic rings. The Kier molecular flexibility index (Phi) is 3.57. The molecule has 0 saturated carbocycles. The lowest BCUT2D eigenvalue weighted by molar-refractivity contribution is -0.119. The maximum atomic E-state index is 13.1. The monoisotopic (exact) mass is 254 g/mol. The van der Waals surface area contributed by atoms with E-state index in [0.717, 1.165) is 12.1 Å². The highest BCUT2D eigenvalue weighted by molar-refractivity contribution is 5.73. The maximum Gasteiger partial charge on any atom is 0.216 e. The van der Waals surface area contributed by atoms with E-state index in [4.69, 9.17) is 4.84 Å². The van der Waals surface area contributed by atoms with E-state index in [1.807, 2.05) is 0 Å². The molecule has 6 heteroatoms. The topological polar surface area (TPSA) is 50.4 Å². The summed E-state index contributed by atoms with van der Waals surface area (Å²) in [5, 5.41) is 2.60. The van der Waals surface area contributed by atoms with Crippen LogP contribution in [0.5, 0.6) is 0 Å². The van der Waals surface area contributed by atoms with Crippen LogP contribution in [0, 0.1) is 11.6 Å². The summed E-state index contributed by atoms with van der Waals surface area (Å²) in [6.45, 7) is 1.72. The summed E-state index contributed by atoms with van der Waals surface area (Å²) in [7, 11) is 0. The lowest BCUT2D eigenvalue weighted by Gasteiger charge is -2.07. The fourth-order valence-electron chi connectivity index (χ4n) is 1.56. The SMILES string of the molecule is CC(=O)NCC1C=C(c2ccc(F)c(F)c2)NO1. The number of hydrogen-bond acceptors (Lipinski definition) is 3. The molecule has 4 nitrogen and oxygen atoms in total. The summed E-state index contributed by atoms with van der Waals surface area (Å²) >= 11 is 0. The average Bonchev–Trinajstić information content (AvgIpc) is 2.79. The summed E-state index contributed by atoms with van der Waals surface area (Å²) in [6, 6.07) is 3.58. The van der Waals surface area contributed by atoms with E-state index in [-0.39, 0.29) is 12.0 Å². The van der Waals surface area contributed by atoms with Crippen LogP contribution in [0.4, 0.5) is 8.78 Å². The van der Waals surface area contributed by atoms with Crippen molar-refractivity contribution in [1.82, 2.24) is 10.8 Å². The van der Waals surface area contributed by atoms with Gasteiger partial charge in [0.1, 0.15) is 6.10 Å². The zero-order valence-electron chi connectivity index (χ0n) is 9.67. The van der Waals surface area contributed by atoms with E-state index in [0.29, 0.717) is 17.8 Å². The van der Waals surface area contributed by atoms with Gasteiger partial charge < -0.3 is 5.32 Å². The number of benzene rings is 1. The second-order valence-corrected chi connectivity index (χ2v) is 3.90. The van der Waals surface area contributed by atoms with Crippen molar-refractivity contribution in [1.29, 1.82) is 0 Å². The number of hydrogen-bond donors (Lipinski definition) is 2. The molecule has 1 heterocycles. The number of rotatable bonds is 3. The van der Waals surface area contributed by atoms with Gasteiger partial charge in [0.15, 0.2) is 11.6 Å². The molecule has 96 valence electrons. The van der Waals surface area contributed by atoms with Crippen molar-refractivity contribution in [3.05, 3.63) is 41.5 Å². The van der Waals surface area contributed by atoms with Crippen molar-refractivity contribution in [2.75, 3.05) is 6.54 Å². The van der Waals surface area contributed by atoms with Crippen molar-refractivity contribution < 1.29 is 18.4 Å². The fourth-order valence-corrected chi connectivity index (χ4v) is 1.56. The molecule has 1 amide bonds. The van der Waals surface area contributed by atoms with Crippen LogP contribution in [0.3, 0.4) is 0 Å². The highest BCUT2D eigenvalue weighted by Gasteiger charge is 2.18. The van der Waals surface area contributed by atoms with Gasteiger partial charge in [-0.2, -0.15) is 0 Å². The number of carbonyl (C=O) groups excluding carboxylic acids is 1. The molecular formula is C12H12F2N2O2. The molecule has 1 unspecified atom stereocenters. The molecular weight excluding hydrogens is 242 g/mol. The molecule has 0 saturated heterocycles. The Morgan fingerprint density at radius 3 is 2.89 bits per heavy atom. The zero-order chi connectivity index (χ0) is 13.1. The van der Waals surface area contributed by atoms with Crippen LogP contribution in [-0.2, 0) is 9.63 Å². The van der Waals surface area contributed by atoms with E-state index in [1.165, 1.54) is 13.0 Å². The minimum absolute atomic E-state index is 0.159. The lowest BCUT2D eigenvalue weighted by Crippen LogP contribution is -2.30. The molecule has 2 rings (SSSR count). The molecule has 0 bridgehead atoms. The molecule has 1 aromatic rings. The Bertz CT molecular complexity index is 503. The van der Waals surface area contributed by atoms with Gasteiger partial charge in [-0.15, -0.1) is 0 Å². The molecule has 0 aromatic heterocycles. The number of amides is 1. The standard InChI is InChI=1S/C12H12F2N2O2/c1-7(17)15-6-9-5-12(16-18-9)8-2-3-10(13)11(14)4-8/h2-5,9,16H,6H2,1H3,(H,15,17). The van der Waals surface area contributed by atoms with Crippen molar-refractivity contribution in [3.8, 4) is 0 Å². The Morgan fingerprint density at radius 2 is 2.22 bits per heavy atom. The van der Waals surface area contributed by atoms with E-state index in [1.54, 1.807) is 6.08 Å². The van der Waals surface area contributed by atoms with Crippen molar-refractivity contribution in [3.63, 3.8) is 0 Å². The first-order valence-corrected chi connectivity index (χ1v) is 5.39. The number of carbonyl (C=O) groups is 1. The van der Waals surface area contributed by atoms with Crippen LogP contribution in [0.25, 0.3) is 5.70 Å². The summed E-state index contributed by atoms with van der Waals surface area (Å²) in [4.78, 5) is 15.9. The van der Waals surface area contributed by atoms with Gasteiger partial charge in [-0.3, -0.25) is 15.1 Å². The van der Waals surface area contributed by atoms with Crippen LogP contribution in [0.1, 0.15) is 12.5 Å². The minimum Gasteiger partial charge on any atom is -0.353 e. The second-order valence-electron chi connectivity index (χ2n) is 3.90. The Balaban J connectivity index is 2.07. The zero-order valence-corrected chi connectivity index (χ0v) is 9.67. The fraction of sp³-hybridized carbons (Fsp3) is 0.250. The Morgan fingerprint density at radius 1 is 1.44 bits per heavy atom. The summed E-state index contributed by atoms with van der Waals surface area (Å²) < 4.78 is 25.8. The predicted octanol–water partition coefficient (Wildman–Crippen LogP) is 1.35. The van der Waals surface area contributed by atoms with Gasteiger partial charge in [-0.25, -0.2) is 8.78 Å². The van der Waals surface area contributed by atoms with Crippen LogP contribution in [0.2, 0.25) is 0 Å². The maximum absolute atomic E-state index is 13.1. The first-order chi connectivity index (χ1) is 8.56. The molecule has 0 spiro atoms. The highest BCUT2D eigenvalue weighted by atomic mass is 19.2. The summed E-state index contributed by atoms with van der Waals surface area (Å²) in [5.74, 6) is -1.97. The van der Waals surface area contributed by atoms with Gasteiger partial charge in [0, 0.05) is 12.5 Å².